The Kier molecular flexibility index (Phi) is 9.73. The Balaban J connectivity index is 1.53. The fourth-order valence-electron chi connectivity index (χ4n) is 5.16. The number of ether oxygens (including phenoxy) is 2. The van der Waals surface area contributed by atoms with Crippen LogP contribution in [0.4, 0.5) is 36.4 Å². The highest BCUT2D eigenvalue weighted by Crippen LogP contribution is 2.38. The molecule has 0 saturated carbocycles. The van der Waals surface area contributed by atoms with Crippen molar-refractivity contribution < 1.29 is 45.3 Å². The molecule has 2 aliphatic heterocycles. The first-order valence-electron chi connectivity index (χ1n) is 13.8. The number of alkyl halides is 3. The Bertz CT molecular complexity index is 1760. The Hall–Kier alpha value is -4.31. The van der Waals surface area contributed by atoms with E-state index in [1.54, 1.807) is 0 Å². The molecular weight excluding hydrogens is 659 g/mol. The highest BCUT2D eigenvalue weighted by atomic mass is 35.5. The minimum absolute atomic E-state index is 0.00386. The first-order valence-corrected chi connectivity index (χ1v) is 14.2. The fourth-order valence-corrected chi connectivity index (χ4v) is 5.33. The molecule has 5 atom stereocenters. The molecule has 2 fully saturated rings. The second kappa shape index (κ2) is 13.4. The predicted molar refractivity (Wildman–Crippen MR) is 160 cm³/mol. The fraction of sp³-hybridized carbons (Fsp3) is 0.258. The molecule has 3 aromatic rings. The summed E-state index contributed by atoms with van der Waals surface area (Å²) in [6, 6.07) is 7.92. The van der Waals surface area contributed by atoms with Crippen molar-refractivity contribution in [2.24, 2.45) is 4.99 Å². The lowest BCUT2D eigenvalue weighted by Crippen LogP contribution is -2.70. The van der Waals surface area contributed by atoms with E-state index >= 15 is 0 Å². The van der Waals surface area contributed by atoms with Crippen LogP contribution in [-0.2, 0) is 15.7 Å². The molecule has 5 rings (SSSR count). The van der Waals surface area contributed by atoms with Gasteiger partial charge in [-0.1, -0.05) is 23.7 Å². The Morgan fingerprint density at radius 2 is 1.70 bits per heavy atom. The SMILES string of the molecule is CC(=N)/N=C(\Nc1cc(Cl)ccc1C(F)(F)F)C1OC2COC2C(N/C=C(\C(=N)c2ccccc2F)c2cc(F)c(F)c(F)c2)C1O. The largest absolute Gasteiger partial charge is 0.418 e. The summed E-state index contributed by atoms with van der Waals surface area (Å²) in [5.74, 6) is -6.48. The van der Waals surface area contributed by atoms with E-state index in [0.717, 1.165) is 30.5 Å². The molecule has 8 nitrogen and oxygen atoms in total. The maximum Gasteiger partial charge on any atom is 0.418 e. The van der Waals surface area contributed by atoms with Crippen molar-refractivity contribution in [1.29, 1.82) is 10.8 Å². The second-order valence-corrected chi connectivity index (χ2v) is 11.1. The number of nitrogens with one attached hydrogen (secondary N) is 4. The first-order chi connectivity index (χ1) is 22.1. The number of fused-ring (bicyclic) bond motifs is 1. The minimum Gasteiger partial charge on any atom is -0.388 e. The number of allylic oxidation sites excluding steroid dienone is 1. The van der Waals surface area contributed by atoms with E-state index in [4.69, 9.17) is 31.9 Å². The standard InChI is InChI=1S/C31H25ClF7N5O3/c1-13(40)43-30(44-22-10-15(32)6-7-18(22)31(37,38)39)29-27(45)26(28-23(47-29)12-46-28)42-11-17(14-8-20(34)24(36)21(35)9-14)25(41)16-4-2-3-5-19(16)33/h2-11,23,26-29,41-42,45H,12H2,1H3,(H2,40,43,44)/b17-11-,41-25?. The van der Waals surface area contributed by atoms with E-state index in [-0.39, 0.29) is 40.0 Å². The van der Waals surface area contributed by atoms with Gasteiger partial charge in [0.15, 0.2) is 17.5 Å². The van der Waals surface area contributed by atoms with Crippen LogP contribution in [0.5, 0.6) is 0 Å². The van der Waals surface area contributed by atoms with Crippen molar-refractivity contribution in [3.8, 4) is 0 Å². The molecule has 0 aromatic heterocycles. The third-order valence-corrected chi connectivity index (χ3v) is 7.64. The van der Waals surface area contributed by atoms with Gasteiger partial charge in [0, 0.05) is 22.4 Å². The Labute approximate surface area is 267 Å². The summed E-state index contributed by atoms with van der Waals surface area (Å²) in [7, 11) is 0. The van der Waals surface area contributed by atoms with Crippen LogP contribution in [-0.4, -0.2) is 59.6 Å². The topological polar surface area (TPSA) is 123 Å². The molecule has 0 amide bonds. The van der Waals surface area contributed by atoms with E-state index in [9.17, 15) is 35.8 Å². The maximum atomic E-state index is 14.7. The lowest BCUT2D eigenvalue weighted by atomic mass is 9.88. The van der Waals surface area contributed by atoms with Gasteiger partial charge in [-0.3, -0.25) is 10.8 Å². The van der Waals surface area contributed by atoms with Gasteiger partial charge >= 0.3 is 6.18 Å². The maximum absolute atomic E-state index is 14.7. The molecule has 0 aliphatic carbocycles. The molecule has 16 heteroatoms. The van der Waals surface area contributed by atoms with Gasteiger partial charge in [-0.25, -0.2) is 22.6 Å². The summed E-state index contributed by atoms with van der Waals surface area (Å²) in [5.41, 5.74) is -3.13. The third kappa shape index (κ3) is 7.17. The molecule has 3 aromatic carbocycles. The van der Waals surface area contributed by atoms with Crippen molar-refractivity contribution in [1.82, 2.24) is 5.32 Å². The van der Waals surface area contributed by atoms with Crippen molar-refractivity contribution in [3.63, 3.8) is 0 Å². The summed E-state index contributed by atoms with van der Waals surface area (Å²) >= 11 is 5.96. The number of amidine groups is 2. The normalized spacial score (nSPS) is 23.1. The van der Waals surface area contributed by atoms with Crippen LogP contribution in [0.25, 0.3) is 5.57 Å². The monoisotopic (exact) mass is 683 g/mol. The summed E-state index contributed by atoms with van der Waals surface area (Å²) in [5, 5.41) is 33.3. The molecule has 5 unspecified atom stereocenters. The number of aliphatic imine (C=N–C) groups is 1. The number of rotatable bonds is 7. The number of hydrogen-bond acceptors (Lipinski definition) is 6. The van der Waals surface area contributed by atoms with E-state index in [0.29, 0.717) is 12.1 Å². The van der Waals surface area contributed by atoms with E-state index in [1.165, 1.54) is 25.1 Å². The van der Waals surface area contributed by atoms with Crippen LogP contribution in [0.15, 0.2) is 65.8 Å². The molecule has 5 N–H and O–H groups in total. The first kappa shape index (κ1) is 34.0. The van der Waals surface area contributed by atoms with Gasteiger partial charge < -0.3 is 25.2 Å². The number of halogens is 8. The van der Waals surface area contributed by atoms with E-state index in [1.807, 2.05) is 0 Å². The smallest absolute Gasteiger partial charge is 0.388 e. The number of aliphatic hydroxyl groups is 1. The molecule has 0 radical (unpaired) electrons. The highest BCUT2D eigenvalue weighted by molar-refractivity contribution is 6.31. The zero-order valence-electron chi connectivity index (χ0n) is 24.1. The molecular formula is C31H25ClF7N5O3. The molecule has 2 aliphatic rings. The van der Waals surface area contributed by atoms with Crippen LogP contribution in [0.1, 0.15) is 23.6 Å². The summed E-state index contributed by atoms with van der Waals surface area (Å²) < 4.78 is 110. The molecule has 0 spiro atoms. The Morgan fingerprint density at radius 1 is 1.02 bits per heavy atom. The number of hydrogen-bond donors (Lipinski definition) is 5. The van der Waals surface area contributed by atoms with Crippen molar-refractivity contribution in [3.05, 3.63) is 106 Å². The lowest BCUT2D eigenvalue weighted by molar-refractivity contribution is -0.259. The van der Waals surface area contributed by atoms with Gasteiger partial charge in [-0.2, -0.15) is 13.2 Å². The van der Waals surface area contributed by atoms with Crippen LogP contribution in [0.3, 0.4) is 0 Å². The van der Waals surface area contributed by atoms with Crippen molar-refractivity contribution in [2.75, 3.05) is 11.9 Å². The molecule has 0 bridgehead atoms. The summed E-state index contributed by atoms with van der Waals surface area (Å²) in [4.78, 5) is 3.98. The predicted octanol–water partition coefficient (Wildman–Crippen LogP) is 6.32. The van der Waals surface area contributed by atoms with Crippen LogP contribution >= 0.6 is 11.6 Å². The van der Waals surface area contributed by atoms with Crippen molar-refractivity contribution >= 4 is 40.2 Å². The van der Waals surface area contributed by atoms with Gasteiger partial charge in [0.1, 0.15) is 41.9 Å². The zero-order chi connectivity index (χ0) is 34.2. The summed E-state index contributed by atoms with van der Waals surface area (Å²) in [6.07, 6.45) is -8.53. The van der Waals surface area contributed by atoms with Crippen LogP contribution in [0, 0.1) is 34.1 Å². The number of nitrogens with zero attached hydrogens (tertiary/aromatic N) is 1. The average molecular weight is 684 g/mol. The van der Waals surface area contributed by atoms with E-state index in [2.05, 4.69) is 15.6 Å². The highest BCUT2D eigenvalue weighted by Gasteiger charge is 2.52. The molecule has 2 saturated heterocycles. The van der Waals surface area contributed by atoms with Gasteiger partial charge in [-0.15, -0.1) is 0 Å². The minimum atomic E-state index is -4.82. The van der Waals surface area contributed by atoms with Gasteiger partial charge in [0.05, 0.1) is 29.6 Å². The van der Waals surface area contributed by atoms with Crippen LogP contribution < -0.4 is 10.6 Å². The van der Waals surface area contributed by atoms with Crippen LogP contribution in [0.2, 0.25) is 5.02 Å². The van der Waals surface area contributed by atoms with Crippen molar-refractivity contribution in [2.45, 2.75) is 43.6 Å². The molecule has 47 heavy (non-hydrogen) atoms. The van der Waals surface area contributed by atoms with Gasteiger partial charge in [-0.05, 0) is 55.0 Å². The number of benzene rings is 3. The quantitative estimate of drug-likeness (QED) is 0.0864. The van der Waals surface area contributed by atoms with Gasteiger partial charge in [0.2, 0.25) is 0 Å². The second-order valence-electron chi connectivity index (χ2n) is 10.6. The van der Waals surface area contributed by atoms with E-state index < -0.39 is 76.9 Å². The number of aliphatic hydroxyl groups excluding tert-OH is 1. The summed E-state index contributed by atoms with van der Waals surface area (Å²) in [6.45, 7) is 1.25. The molecule has 248 valence electrons. The average Bonchev–Trinajstić information content (AvgIpc) is 2.97. The third-order valence-electron chi connectivity index (χ3n) is 7.41. The molecule has 2 heterocycles. The lowest BCUT2D eigenvalue weighted by Gasteiger charge is -2.50. The zero-order valence-corrected chi connectivity index (χ0v) is 24.9. The Morgan fingerprint density at radius 3 is 2.30 bits per heavy atom. The number of anilines is 1. The van der Waals surface area contributed by atoms with Gasteiger partial charge in [0.25, 0.3) is 0 Å².